The Balaban J connectivity index is 2.47. The molecule has 5 nitrogen and oxygen atoms in total. The van der Waals surface area contributed by atoms with Gasteiger partial charge in [0.25, 0.3) is 0 Å². The molecule has 0 bridgehead atoms. The van der Waals surface area contributed by atoms with Crippen LogP contribution < -0.4 is 10.9 Å². The number of aromatic hydroxyl groups is 1. The number of rotatable bonds is 3. The predicted molar refractivity (Wildman–Crippen MR) is 68.8 cm³/mol. The first-order chi connectivity index (χ1) is 8.22. The average molecular weight is 228 g/mol. The second-order valence-electron chi connectivity index (χ2n) is 3.37. The standard InChI is InChI=1S/C12H12N4O/c1-2-14-8-16(13)11-7-6-9-4-3-5-10(17)12(9)15-11/h2-8,17H,1,13H2/b14-8-. The fraction of sp³-hybridized carbons (Fsp3) is 0. The van der Waals surface area contributed by atoms with E-state index in [1.165, 1.54) is 17.5 Å². The van der Waals surface area contributed by atoms with Crippen LogP contribution in [0.2, 0.25) is 0 Å². The summed E-state index contributed by atoms with van der Waals surface area (Å²) in [5.41, 5.74) is 0.507. The molecule has 0 spiro atoms. The number of benzene rings is 1. The number of hydrazine groups is 1. The normalized spacial score (nSPS) is 10.9. The summed E-state index contributed by atoms with van der Waals surface area (Å²) in [6.45, 7) is 3.45. The van der Waals surface area contributed by atoms with Crippen molar-refractivity contribution in [1.82, 2.24) is 4.98 Å². The van der Waals surface area contributed by atoms with E-state index in [0.29, 0.717) is 11.3 Å². The largest absolute Gasteiger partial charge is 0.506 e. The molecule has 86 valence electrons. The second kappa shape index (κ2) is 4.63. The monoisotopic (exact) mass is 228 g/mol. The number of phenols is 1. The van der Waals surface area contributed by atoms with Crippen molar-refractivity contribution >= 4 is 23.1 Å². The van der Waals surface area contributed by atoms with Gasteiger partial charge in [-0.25, -0.2) is 15.8 Å². The number of nitrogens with zero attached hydrogens (tertiary/aromatic N) is 3. The number of para-hydroxylation sites is 1. The number of pyridine rings is 1. The summed E-state index contributed by atoms with van der Waals surface area (Å²) in [4.78, 5) is 8.04. The van der Waals surface area contributed by atoms with E-state index in [-0.39, 0.29) is 5.75 Å². The van der Waals surface area contributed by atoms with Crippen LogP contribution in [0.5, 0.6) is 5.75 Å². The molecule has 0 atom stereocenters. The van der Waals surface area contributed by atoms with Gasteiger partial charge in [0.2, 0.25) is 0 Å². The van der Waals surface area contributed by atoms with Gasteiger partial charge in [0.15, 0.2) is 0 Å². The van der Waals surface area contributed by atoms with Crippen LogP contribution in [-0.2, 0) is 0 Å². The van der Waals surface area contributed by atoms with Crippen LogP contribution in [0.25, 0.3) is 10.9 Å². The molecule has 2 rings (SSSR count). The molecule has 1 aromatic carbocycles. The fourth-order valence-corrected chi connectivity index (χ4v) is 1.44. The van der Waals surface area contributed by atoms with Crippen molar-refractivity contribution in [1.29, 1.82) is 0 Å². The number of anilines is 1. The molecule has 3 N–H and O–H groups in total. The maximum Gasteiger partial charge on any atom is 0.148 e. The van der Waals surface area contributed by atoms with E-state index in [9.17, 15) is 5.11 Å². The Labute approximate surface area is 98.5 Å². The first kappa shape index (κ1) is 11.1. The van der Waals surface area contributed by atoms with Crippen molar-refractivity contribution in [2.75, 3.05) is 5.01 Å². The number of nitrogens with two attached hydrogens (primary N) is 1. The summed E-state index contributed by atoms with van der Waals surface area (Å²) in [6, 6.07) is 8.79. The average Bonchev–Trinajstić information content (AvgIpc) is 2.36. The highest BCUT2D eigenvalue weighted by Crippen LogP contribution is 2.24. The molecular formula is C12H12N4O. The Bertz CT molecular complexity index is 580. The van der Waals surface area contributed by atoms with Gasteiger partial charge in [0, 0.05) is 11.6 Å². The van der Waals surface area contributed by atoms with Gasteiger partial charge in [-0.1, -0.05) is 18.7 Å². The Morgan fingerprint density at radius 3 is 2.94 bits per heavy atom. The molecule has 0 saturated carbocycles. The lowest BCUT2D eigenvalue weighted by Crippen LogP contribution is -2.29. The lowest BCUT2D eigenvalue weighted by atomic mass is 10.2. The molecule has 0 fully saturated rings. The van der Waals surface area contributed by atoms with E-state index in [1.807, 2.05) is 12.1 Å². The molecular weight excluding hydrogens is 216 g/mol. The van der Waals surface area contributed by atoms with Gasteiger partial charge in [0.1, 0.15) is 23.4 Å². The van der Waals surface area contributed by atoms with Crippen molar-refractivity contribution < 1.29 is 5.11 Å². The van der Waals surface area contributed by atoms with E-state index in [0.717, 1.165) is 5.39 Å². The molecule has 0 aliphatic carbocycles. The van der Waals surface area contributed by atoms with Crippen molar-refractivity contribution in [2.45, 2.75) is 0 Å². The number of fused-ring (bicyclic) bond motifs is 1. The molecule has 1 aromatic heterocycles. The van der Waals surface area contributed by atoms with Gasteiger partial charge in [0.05, 0.1) is 0 Å². The van der Waals surface area contributed by atoms with E-state index < -0.39 is 0 Å². The molecule has 17 heavy (non-hydrogen) atoms. The number of aromatic nitrogens is 1. The third kappa shape index (κ3) is 2.24. The topological polar surface area (TPSA) is 74.7 Å². The van der Waals surface area contributed by atoms with Crippen LogP contribution in [0.4, 0.5) is 5.82 Å². The minimum atomic E-state index is 0.124. The maximum absolute atomic E-state index is 9.68. The first-order valence-corrected chi connectivity index (χ1v) is 4.99. The Morgan fingerprint density at radius 2 is 2.18 bits per heavy atom. The van der Waals surface area contributed by atoms with E-state index in [4.69, 9.17) is 5.84 Å². The van der Waals surface area contributed by atoms with Crippen LogP contribution in [0.15, 0.2) is 48.1 Å². The minimum Gasteiger partial charge on any atom is -0.506 e. The highest BCUT2D eigenvalue weighted by Gasteiger charge is 2.05. The van der Waals surface area contributed by atoms with Gasteiger partial charge >= 0.3 is 0 Å². The zero-order valence-electron chi connectivity index (χ0n) is 9.11. The highest BCUT2D eigenvalue weighted by molar-refractivity contribution is 5.87. The van der Waals surface area contributed by atoms with Gasteiger partial charge in [-0.2, -0.15) is 0 Å². The Hall–Kier alpha value is -2.40. The summed E-state index contributed by atoms with van der Waals surface area (Å²) < 4.78 is 0. The molecule has 2 aromatic rings. The van der Waals surface area contributed by atoms with E-state index in [2.05, 4.69) is 16.6 Å². The summed E-state index contributed by atoms with van der Waals surface area (Å²) >= 11 is 0. The minimum absolute atomic E-state index is 0.124. The van der Waals surface area contributed by atoms with Gasteiger partial charge < -0.3 is 5.11 Å². The number of hydrogen-bond donors (Lipinski definition) is 2. The first-order valence-electron chi connectivity index (χ1n) is 4.99. The number of hydrogen-bond acceptors (Lipinski definition) is 4. The Kier molecular flexibility index (Phi) is 3.02. The summed E-state index contributed by atoms with van der Waals surface area (Å²) in [7, 11) is 0. The van der Waals surface area contributed by atoms with Crippen molar-refractivity contribution in [3.05, 3.63) is 43.1 Å². The Morgan fingerprint density at radius 1 is 1.35 bits per heavy atom. The molecule has 0 unspecified atom stereocenters. The zero-order valence-corrected chi connectivity index (χ0v) is 9.11. The van der Waals surface area contributed by atoms with Gasteiger partial charge in [-0.3, -0.25) is 5.01 Å². The SMILES string of the molecule is C=C/N=C\N(N)c1ccc2cccc(O)c2n1. The lowest BCUT2D eigenvalue weighted by molar-refractivity contribution is 0.480. The van der Waals surface area contributed by atoms with Crippen molar-refractivity contribution in [3.63, 3.8) is 0 Å². The predicted octanol–water partition coefficient (Wildman–Crippen LogP) is 1.79. The highest BCUT2D eigenvalue weighted by atomic mass is 16.3. The molecule has 5 heteroatoms. The van der Waals surface area contributed by atoms with E-state index in [1.54, 1.807) is 18.2 Å². The summed E-state index contributed by atoms with van der Waals surface area (Å²) in [5, 5.41) is 11.8. The summed E-state index contributed by atoms with van der Waals surface area (Å²) in [5.74, 6) is 6.33. The van der Waals surface area contributed by atoms with Crippen LogP contribution in [0.1, 0.15) is 0 Å². The third-order valence-corrected chi connectivity index (χ3v) is 2.25. The number of aliphatic imine (C=N–C) groups is 1. The van der Waals surface area contributed by atoms with Crippen LogP contribution in [0.3, 0.4) is 0 Å². The van der Waals surface area contributed by atoms with Crippen LogP contribution in [0, 0.1) is 0 Å². The van der Waals surface area contributed by atoms with Crippen LogP contribution in [-0.4, -0.2) is 16.4 Å². The maximum atomic E-state index is 9.68. The molecule has 0 radical (unpaired) electrons. The smallest absolute Gasteiger partial charge is 0.148 e. The zero-order chi connectivity index (χ0) is 12.3. The van der Waals surface area contributed by atoms with Crippen LogP contribution >= 0.6 is 0 Å². The van der Waals surface area contributed by atoms with E-state index >= 15 is 0 Å². The molecule has 1 heterocycles. The molecule has 0 aliphatic heterocycles. The molecule has 0 aliphatic rings. The van der Waals surface area contributed by atoms with Gasteiger partial charge in [-0.15, -0.1) is 0 Å². The quantitative estimate of drug-likeness (QED) is 0.363. The molecule has 0 amide bonds. The lowest BCUT2D eigenvalue weighted by Gasteiger charge is -2.11. The second-order valence-corrected chi connectivity index (χ2v) is 3.37. The van der Waals surface area contributed by atoms with Crippen molar-refractivity contribution in [3.8, 4) is 5.75 Å². The van der Waals surface area contributed by atoms with Gasteiger partial charge in [-0.05, 0) is 18.2 Å². The number of phenolic OH excluding ortho intramolecular Hbond substituents is 1. The fourth-order valence-electron chi connectivity index (χ4n) is 1.44. The van der Waals surface area contributed by atoms with Crippen molar-refractivity contribution in [2.24, 2.45) is 10.8 Å². The molecule has 0 saturated heterocycles. The third-order valence-electron chi connectivity index (χ3n) is 2.25. The summed E-state index contributed by atoms with van der Waals surface area (Å²) in [6.07, 6.45) is 2.76.